The fourth-order valence-electron chi connectivity index (χ4n) is 0.315. The van der Waals surface area contributed by atoms with Gasteiger partial charge in [-0.2, -0.15) is 0 Å². The van der Waals surface area contributed by atoms with Gasteiger partial charge in [0.05, 0.1) is 0 Å². The largest absolute Gasteiger partial charge is 0.0928 e. The SMILES string of the molecule is BrC/C=C/CBr.BrCCCCBr. The summed E-state index contributed by atoms with van der Waals surface area (Å²) in [6.07, 6.45) is 6.67. The minimum Gasteiger partial charge on any atom is -0.0928 e. The van der Waals surface area contributed by atoms with Crippen LogP contribution in [0.15, 0.2) is 12.2 Å². The summed E-state index contributed by atoms with van der Waals surface area (Å²) >= 11 is 13.1. The fraction of sp³-hybridized carbons (Fsp3) is 0.750. The Hall–Kier alpha value is 1.66. The minimum atomic E-state index is 0.957. The van der Waals surface area contributed by atoms with Crippen LogP contribution in [-0.2, 0) is 0 Å². The Labute approximate surface area is 109 Å². The lowest BCUT2D eigenvalue weighted by molar-refractivity contribution is 0.919. The van der Waals surface area contributed by atoms with E-state index in [1.54, 1.807) is 0 Å². The molecule has 0 nitrogen and oxygen atoms in total. The summed E-state index contributed by atoms with van der Waals surface area (Å²) in [6.45, 7) is 0. The molecule has 0 N–H and O–H groups in total. The number of rotatable bonds is 5. The normalized spacial score (nSPS) is 9.67. The van der Waals surface area contributed by atoms with Gasteiger partial charge in [0.15, 0.2) is 0 Å². The van der Waals surface area contributed by atoms with Crippen LogP contribution in [-0.4, -0.2) is 21.3 Å². The number of unbranched alkanes of at least 4 members (excludes halogenated alkanes) is 1. The van der Waals surface area contributed by atoms with Crippen LogP contribution in [0.1, 0.15) is 12.8 Å². The average molecular weight is 430 g/mol. The van der Waals surface area contributed by atoms with Crippen molar-refractivity contribution in [2.75, 3.05) is 21.3 Å². The molecule has 0 aromatic rings. The fourth-order valence-corrected chi connectivity index (χ4v) is 1.64. The Kier molecular flexibility index (Phi) is 24.8. The molecule has 0 saturated heterocycles. The predicted octanol–water partition coefficient (Wildman–Crippen LogP) is 4.89. The van der Waals surface area contributed by atoms with Gasteiger partial charge in [-0.15, -0.1) is 0 Å². The summed E-state index contributed by atoms with van der Waals surface area (Å²) in [6, 6.07) is 0. The number of hydrogen-bond acceptors (Lipinski definition) is 0. The van der Waals surface area contributed by atoms with E-state index in [1.165, 1.54) is 12.8 Å². The Morgan fingerprint density at radius 1 is 0.667 bits per heavy atom. The van der Waals surface area contributed by atoms with Gasteiger partial charge in [0.1, 0.15) is 0 Å². The van der Waals surface area contributed by atoms with Gasteiger partial charge >= 0.3 is 0 Å². The molecule has 0 aromatic heterocycles. The zero-order valence-electron chi connectivity index (χ0n) is 6.91. The molecule has 0 radical (unpaired) electrons. The number of allylic oxidation sites excluding steroid dienone is 2. The molecule has 0 bridgehead atoms. The molecule has 0 aliphatic carbocycles. The van der Waals surface area contributed by atoms with Crippen LogP contribution in [0.25, 0.3) is 0 Å². The van der Waals surface area contributed by atoms with Crippen LogP contribution in [0.5, 0.6) is 0 Å². The third kappa shape index (κ3) is 22.6. The first-order valence-electron chi connectivity index (χ1n) is 3.72. The monoisotopic (exact) mass is 426 g/mol. The van der Waals surface area contributed by atoms with Gasteiger partial charge in [0, 0.05) is 21.3 Å². The average Bonchev–Trinajstić information content (AvgIpc) is 2.12. The van der Waals surface area contributed by atoms with E-state index in [1.807, 2.05) is 0 Å². The van der Waals surface area contributed by atoms with Gasteiger partial charge in [-0.25, -0.2) is 0 Å². The Morgan fingerprint density at radius 3 is 1.17 bits per heavy atom. The van der Waals surface area contributed by atoms with Crippen LogP contribution < -0.4 is 0 Å². The smallest absolute Gasteiger partial charge is 0.0212 e. The zero-order chi connectivity index (χ0) is 9.66. The Balaban J connectivity index is 0. The third-order valence-electron chi connectivity index (χ3n) is 0.862. The summed E-state index contributed by atoms with van der Waals surface area (Å²) in [5.74, 6) is 0. The van der Waals surface area contributed by atoms with E-state index >= 15 is 0 Å². The molecule has 0 fully saturated rings. The van der Waals surface area contributed by atoms with Crippen LogP contribution >= 0.6 is 63.7 Å². The molecule has 0 aromatic carbocycles. The van der Waals surface area contributed by atoms with Gasteiger partial charge in [-0.1, -0.05) is 75.9 Å². The Morgan fingerprint density at radius 2 is 1.00 bits per heavy atom. The molecule has 0 heterocycles. The molecular weight excluding hydrogens is 416 g/mol. The summed E-state index contributed by atoms with van der Waals surface area (Å²) in [7, 11) is 0. The highest BCUT2D eigenvalue weighted by atomic mass is 79.9. The summed E-state index contributed by atoms with van der Waals surface area (Å²) in [5, 5.41) is 4.19. The highest BCUT2D eigenvalue weighted by Crippen LogP contribution is 1.95. The second kappa shape index (κ2) is 18.4. The second-order valence-corrected chi connectivity index (χ2v) is 4.75. The molecule has 0 unspecified atom stereocenters. The summed E-state index contributed by atoms with van der Waals surface area (Å²) < 4.78 is 0. The van der Waals surface area contributed by atoms with Crippen LogP contribution in [0.2, 0.25) is 0 Å². The van der Waals surface area contributed by atoms with Gasteiger partial charge in [-0.05, 0) is 12.8 Å². The standard InChI is InChI=1S/C4H8Br2.C4H6Br2/c2*5-3-1-2-4-6/h1-4H2;1-2H,3-4H2/b;2-1+. The minimum absolute atomic E-state index is 0.957. The van der Waals surface area contributed by atoms with Crippen molar-refractivity contribution in [2.45, 2.75) is 12.8 Å². The van der Waals surface area contributed by atoms with Crippen molar-refractivity contribution in [3.05, 3.63) is 12.2 Å². The first-order valence-corrected chi connectivity index (χ1v) is 8.20. The van der Waals surface area contributed by atoms with E-state index in [4.69, 9.17) is 0 Å². The highest BCUT2D eigenvalue weighted by Gasteiger charge is 1.77. The number of hydrogen-bond donors (Lipinski definition) is 0. The first kappa shape index (κ1) is 16.1. The summed E-state index contributed by atoms with van der Waals surface area (Å²) in [5.41, 5.74) is 0. The second-order valence-electron chi connectivity index (χ2n) is 1.87. The Bertz CT molecular complexity index is 73.1. The van der Waals surface area contributed by atoms with Crippen LogP contribution in [0, 0.1) is 0 Å². The van der Waals surface area contributed by atoms with Crippen molar-refractivity contribution in [3.63, 3.8) is 0 Å². The molecule has 74 valence electrons. The molecule has 0 amide bonds. The lowest BCUT2D eigenvalue weighted by atomic mass is 10.4. The van der Waals surface area contributed by atoms with Gasteiger partial charge < -0.3 is 0 Å². The van der Waals surface area contributed by atoms with Crippen molar-refractivity contribution in [1.29, 1.82) is 0 Å². The lowest BCUT2D eigenvalue weighted by Crippen LogP contribution is -1.73. The lowest BCUT2D eigenvalue weighted by Gasteiger charge is -1.83. The van der Waals surface area contributed by atoms with E-state index in [9.17, 15) is 0 Å². The number of alkyl halides is 4. The molecule has 0 rings (SSSR count). The topological polar surface area (TPSA) is 0 Å². The molecule has 0 spiro atoms. The van der Waals surface area contributed by atoms with Crippen molar-refractivity contribution in [1.82, 2.24) is 0 Å². The number of halogens is 4. The maximum atomic E-state index is 3.33. The quantitative estimate of drug-likeness (QED) is 0.332. The molecule has 0 saturated carbocycles. The zero-order valence-corrected chi connectivity index (χ0v) is 13.3. The van der Waals surface area contributed by atoms with Crippen LogP contribution in [0.4, 0.5) is 0 Å². The van der Waals surface area contributed by atoms with Crippen molar-refractivity contribution in [2.24, 2.45) is 0 Å². The maximum Gasteiger partial charge on any atom is 0.0212 e. The van der Waals surface area contributed by atoms with Gasteiger partial charge in [0.2, 0.25) is 0 Å². The van der Waals surface area contributed by atoms with E-state index < -0.39 is 0 Å². The highest BCUT2D eigenvalue weighted by molar-refractivity contribution is 9.09. The molecule has 12 heavy (non-hydrogen) atoms. The molecule has 0 aliphatic heterocycles. The third-order valence-corrected chi connectivity index (χ3v) is 2.73. The molecule has 0 atom stereocenters. The van der Waals surface area contributed by atoms with Crippen molar-refractivity contribution < 1.29 is 0 Å². The van der Waals surface area contributed by atoms with Gasteiger partial charge in [-0.3, -0.25) is 0 Å². The molecular formula is C8H14Br4. The van der Waals surface area contributed by atoms with Crippen molar-refractivity contribution in [3.8, 4) is 0 Å². The van der Waals surface area contributed by atoms with Crippen LogP contribution in [0.3, 0.4) is 0 Å². The molecule has 0 aliphatic rings. The maximum absolute atomic E-state index is 3.33. The van der Waals surface area contributed by atoms with E-state index in [0.29, 0.717) is 0 Å². The van der Waals surface area contributed by atoms with Gasteiger partial charge in [0.25, 0.3) is 0 Å². The predicted molar refractivity (Wildman–Crippen MR) is 73.6 cm³/mol. The van der Waals surface area contributed by atoms with E-state index in [2.05, 4.69) is 75.9 Å². The van der Waals surface area contributed by atoms with E-state index in [0.717, 1.165) is 21.3 Å². The first-order chi connectivity index (χ1) is 5.83. The van der Waals surface area contributed by atoms with Crippen molar-refractivity contribution >= 4 is 63.7 Å². The summed E-state index contributed by atoms with van der Waals surface area (Å²) in [4.78, 5) is 0. The van der Waals surface area contributed by atoms with E-state index in [-0.39, 0.29) is 0 Å². The molecule has 4 heteroatoms.